The normalized spacial score (nSPS) is 14.4. The number of fused-ring (bicyclic) bond motifs is 3. The Morgan fingerprint density at radius 2 is 1.93 bits per heavy atom. The summed E-state index contributed by atoms with van der Waals surface area (Å²) < 4.78 is 9.07. The average molecular weight is 540 g/mol. The number of amides is 1. The molecule has 4 aromatic rings. The van der Waals surface area contributed by atoms with Gasteiger partial charge in [0.25, 0.3) is 11.5 Å². The molecule has 4 aromatic heterocycles. The zero-order valence-electron chi connectivity index (χ0n) is 22.4. The maximum Gasteiger partial charge on any atom is 0.302 e. The van der Waals surface area contributed by atoms with Crippen molar-refractivity contribution in [2.45, 2.75) is 45.8 Å². The predicted octanol–water partition coefficient (Wildman–Crippen LogP) is 3.38. The number of hydrogen-bond acceptors (Lipinski definition) is 8. The van der Waals surface area contributed by atoms with Crippen molar-refractivity contribution in [3.63, 3.8) is 0 Å². The number of esters is 1. The first-order valence-electron chi connectivity index (χ1n) is 13.3. The van der Waals surface area contributed by atoms with Crippen molar-refractivity contribution in [3.05, 3.63) is 82.1 Å². The molecule has 0 fully saturated rings. The first kappa shape index (κ1) is 25.5. The van der Waals surface area contributed by atoms with Crippen molar-refractivity contribution < 1.29 is 14.3 Å². The molecule has 204 valence electrons. The molecule has 1 aliphatic carbocycles. The third-order valence-corrected chi connectivity index (χ3v) is 7.47. The summed E-state index contributed by atoms with van der Waals surface area (Å²) in [5, 5.41) is 3.06. The molecule has 0 saturated carbocycles. The van der Waals surface area contributed by atoms with Crippen LogP contribution < -0.4 is 15.8 Å². The molecule has 5 heterocycles. The summed E-state index contributed by atoms with van der Waals surface area (Å²) in [7, 11) is 1.66. The van der Waals surface area contributed by atoms with Crippen LogP contribution in [0.15, 0.2) is 54.0 Å². The summed E-state index contributed by atoms with van der Waals surface area (Å²) in [4.78, 5) is 53.0. The van der Waals surface area contributed by atoms with Crippen molar-refractivity contribution in [1.29, 1.82) is 0 Å². The lowest BCUT2D eigenvalue weighted by atomic mass is 9.98. The number of nitrogens with one attached hydrogen (secondary N) is 1. The molecule has 11 heteroatoms. The fraction of sp³-hybridized carbons (Fsp3) is 0.310. The topological polar surface area (TPSA) is 124 Å². The second-order valence-electron chi connectivity index (χ2n) is 10.0. The molecule has 0 atom stereocenters. The quantitative estimate of drug-likeness (QED) is 0.370. The van der Waals surface area contributed by atoms with Gasteiger partial charge in [0, 0.05) is 62.5 Å². The zero-order valence-corrected chi connectivity index (χ0v) is 22.4. The van der Waals surface area contributed by atoms with Gasteiger partial charge in [-0.3, -0.25) is 19.3 Å². The lowest BCUT2D eigenvalue weighted by Crippen LogP contribution is -2.41. The average Bonchev–Trinajstić information content (AvgIpc) is 3.35. The predicted molar refractivity (Wildman–Crippen MR) is 148 cm³/mol. The Balaban J connectivity index is 1.43. The highest BCUT2D eigenvalue weighted by atomic mass is 16.5. The van der Waals surface area contributed by atoms with Gasteiger partial charge in [-0.05, 0) is 61.1 Å². The Morgan fingerprint density at radius 3 is 2.73 bits per heavy atom. The van der Waals surface area contributed by atoms with Crippen LogP contribution in [0, 0.1) is 0 Å². The molecule has 40 heavy (non-hydrogen) atoms. The molecule has 0 spiro atoms. The van der Waals surface area contributed by atoms with Crippen LogP contribution in [0.3, 0.4) is 0 Å². The van der Waals surface area contributed by atoms with E-state index in [1.54, 1.807) is 48.7 Å². The van der Waals surface area contributed by atoms with Crippen LogP contribution in [-0.4, -0.2) is 42.5 Å². The number of anilines is 3. The highest BCUT2D eigenvalue weighted by Crippen LogP contribution is 2.35. The smallest absolute Gasteiger partial charge is 0.302 e. The SMILES string of the molecule is CC(=O)OCc1c(-c2cc(Nc3ccncn3)c(=O)n(C)c2)ccnc1N1CCn2c(cc3c2CCCC3)C1=O. The monoisotopic (exact) mass is 539 g/mol. The number of nitrogens with zero attached hydrogens (tertiary/aromatic N) is 6. The molecule has 1 N–H and O–H groups in total. The highest BCUT2D eigenvalue weighted by molar-refractivity contribution is 6.06. The van der Waals surface area contributed by atoms with Gasteiger partial charge in [-0.1, -0.05) is 0 Å². The lowest BCUT2D eigenvalue weighted by Gasteiger charge is -2.31. The van der Waals surface area contributed by atoms with Gasteiger partial charge in [0.1, 0.15) is 36.0 Å². The summed E-state index contributed by atoms with van der Waals surface area (Å²) >= 11 is 0. The molecular formula is C29H29N7O4. The van der Waals surface area contributed by atoms with E-state index in [1.165, 1.54) is 29.1 Å². The number of carbonyl (C=O) groups excluding carboxylic acids is 2. The fourth-order valence-corrected chi connectivity index (χ4v) is 5.59. The van der Waals surface area contributed by atoms with Gasteiger partial charge < -0.3 is 19.2 Å². The third kappa shape index (κ3) is 4.63. The molecule has 0 unspecified atom stereocenters. The van der Waals surface area contributed by atoms with Crippen molar-refractivity contribution in [1.82, 2.24) is 24.1 Å². The Morgan fingerprint density at radius 1 is 1.07 bits per heavy atom. The van der Waals surface area contributed by atoms with Crippen LogP contribution in [0.25, 0.3) is 11.1 Å². The van der Waals surface area contributed by atoms with Crippen molar-refractivity contribution in [2.75, 3.05) is 16.8 Å². The number of ether oxygens (including phenoxy) is 1. The van der Waals surface area contributed by atoms with Gasteiger partial charge in [-0.2, -0.15) is 0 Å². The molecule has 2 aliphatic rings. The molecule has 0 saturated heterocycles. The minimum absolute atomic E-state index is 0.0767. The third-order valence-electron chi connectivity index (χ3n) is 7.47. The van der Waals surface area contributed by atoms with Crippen LogP contribution in [0.1, 0.15) is 47.1 Å². The molecule has 0 aromatic carbocycles. The second-order valence-corrected chi connectivity index (χ2v) is 10.0. The van der Waals surface area contributed by atoms with E-state index in [0.29, 0.717) is 52.8 Å². The fourth-order valence-electron chi connectivity index (χ4n) is 5.59. The van der Waals surface area contributed by atoms with E-state index in [1.807, 2.05) is 6.07 Å². The van der Waals surface area contributed by atoms with E-state index < -0.39 is 5.97 Å². The van der Waals surface area contributed by atoms with Crippen LogP contribution >= 0.6 is 0 Å². The van der Waals surface area contributed by atoms with E-state index in [4.69, 9.17) is 4.74 Å². The Hall–Kier alpha value is -4.80. The van der Waals surface area contributed by atoms with Crippen LogP contribution in [0.4, 0.5) is 17.3 Å². The molecule has 11 nitrogen and oxygen atoms in total. The Bertz CT molecular complexity index is 1680. The molecule has 1 amide bonds. The first-order chi connectivity index (χ1) is 19.4. The van der Waals surface area contributed by atoms with Crippen molar-refractivity contribution >= 4 is 29.2 Å². The van der Waals surface area contributed by atoms with Crippen molar-refractivity contribution in [3.8, 4) is 11.1 Å². The minimum Gasteiger partial charge on any atom is -0.461 e. The van der Waals surface area contributed by atoms with Crippen LogP contribution in [0.5, 0.6) is 0 Å². The number of hydrogen-bond donors (Lipinski definition) is 1. The molecule has 1 aliphatic heterocycles. The molecule has 6 rings (SSSR count). The largest absolute Gasteiger partial charge is 0.461 e. The summed E-state index contributed by atoms with van der Waals surface area (Å²) in [5.41, 5.74) is 5.23. The van der Waals surface area contributed by atoms with Gasteiger partial charge >= 0.3 is 5.97 Å². The number of aryl methyl sites for hydroxylation is 2. The van der Waals surface area contributed by atoms with E-state index >= 15 is 0 Å². The van der Waals surface area contributed by atoms with E-state index in [9.17, 15) is 14.4 Å². The van der Waals surface area contributed by atoms with Crippen molar-refractivity contribution in [2.24, 2.45) is 7.05 Å². The number of rotatable bonds is 6. The van der Waals surface area contributed by atoms with E-state index in [2.05, 4.69) is 24.8 Å². The summed E-state index contributed by atoms with van der Waals surface area (Å²) in [6.45, 7) is 2.38. The van der Waals surface area contributed by atoms with Gasteiger partial charge in [0.2, 0.25) is 0 Å². The summed E-state index contributed by atoms with van der Waals surface area (Å²) in [5.74, 6) is 0.345. The van der Waals surface area contributed by atoms with E-state index in [0.717, 1.165) is 25.7 Å². The van der Waals surface area contributed by atoms with Gasteiger partial charge in [0.05, 0.1) is 0 Å². The Labute approximate surface area is 230 Å². The Kier molecular flexibility index (Phi) is 6.63. The maximum absolute atomic E-state index is 13.8. The van der Waals surface area contributed by atoms with E-state index in [-0.39, 0.29) is 18.1 Å². The summed E-state index contributed by atoms with van der Waals surface area (Å²) in [6, 6.07) is 7.21. The van der Waals surface area contributed by atoms with Crippen LogP contribution in [0.2, 0.25) is 0 Å². The molecule has 0 radical (unpaired) electrons. The molecule has 0 bridgehead atoms. The van der Waals surface area contributed by atoms with Gasteiger partial charge in [0.15, 0.2) is 0 Å². The summed E-state index contributed by atoms with van der Waals surface area (Å²) in [6.07, 6.45) is 10.6. The highest BCUT2D eigenvalue weighted by Gasteiger charge is 2.32. The number of aromatic nitrogens is 5. The minimum atomic E-state index is -0.446. The number of pyridine rings is 2. The zero-order chi connectivity index (χ0) is 27.8. The maximum atomic E-state index is 13.8. The first-order valence-corrected chi connectivity index (χ1v) is 13.3. The second kappa shape index (κ2) is 10.4. The number of carbonyl (C=O) groups is 2. The molecular weight excluding hydrogens is 510 g/mol. The van der Waals surface area contributed by atoms with Crippen LogP contribution in [-0.2, 0) is 42.6 Å². The van der Waals surface area contributed by atoms with Gasteiger partial charge in [-0.25, -0.2) is 15.0 Å². The lowest BCUT2D eigenvalue weighted by molar-refractivity contribution is -0.142. The van der Waals surface area contributed by atoms with Gasteiger partial charge in [-0.15, -0.1) is 0 Å². The standard InChI is InChI=1S/C29H29N7O4/c1-18(37)40-16-22-21(20-13-23(28(38)34(2)15-20)33-26-8-9-30-17-32-26)7-10-31-27(22)36-12-11-35-24-6-4-3-5-19(24)14-25(35)29(36)39/h7-10,13-15,17H,3-6,11-12,16H2,1-2H3,(H,30,32,33).